The summed E-state index contributed by atoms with van der Waals surface area (Å²) in [6.07, 6.45) is -1.09. The topological polar surface area (TPSA) is 81.9 Å². The van der Waals surface area contributed by atoms with Gasteiger partial charge in [-0.05, 0) is 38.8 Å². The first-order valence-corrected chi connectivity index (χ1v) is 8.93. The number of nitro benzene ring substituents is 1. The highest BCUT2D eigenvalue weighted by atomic mass is 35.5. The first-order chi connectivity index (χ1) is 12.0. The second kappa shape index (κ2) is 7.80. The molecule has 2 rings (SSSR count). The monoisotopic (exact) mass is 384 g/mol. The van der Waals surface area contributed by atoms with Crippen molar-refractivity contribution in [2.45, 2.75) is 52.4 Å². The van der Waals surface area contributed by atoms with Gasteiger partial charge in [-0.3, -0.25) is 15.0 Å². The number of amides is 1. The lowest BCUT2D eigenvalue weighted by Gasteiger charge is -2.41. The van der Waals surface area contributed by atoms with E-state index in [1.807, 2.05) is 13.8 Å². The first kappa shape index (κ1) is 20.5. The highest BCUT2D eigenvalue weighted by molar-refractivity contribution is 6.32. The van der Waals surface area contributed by atoms with Crippen LogP contribution in [-0.2, 0) is 9.47 Å². The number of hydrogen-bond acceptors (Lipinski definition) is 5. The predicted molar refractivity (Wildman–Crippen MR) is 98.4 cm³/mol. The number of rotatable bonds is 3. The molecule has 2 atom stereocenters. The Morgan fingerprint density at radius 2 is 2.08 bits per heavy atom. The fourth-order valence-corrected chi connectivity index (χ4v) is 3.18. The Labute approximate surface area is 158 Å². The summed E-state index contributed by atoms with van der Waals surface area (Å²) in [6, 6.07) is 4.55. The Kier molecular flexibility index (Phi) is 6.13. The normalized spacial score (nSPS) is 21.0. The molecule has 26 heavy (non-hydrogen) atoms. The summed E-state index contributed by atoms with van der Waals surface area (Å²) >= 11 is 6.01. The molecule has 0 N–H and O–H groups in total. The average Bonchev–Trinajstić information content (AvgIpc) is 2.51. The van der Waals surface area contributed by atoms with E-state index in [0.29, 0.717) is 5.56 Å². The highest BCUT2D eigenvalue weighted by Crippen LogP contribution is 2.37. The Bertz CT molecular complexity index is 687. The average molecular weight is 385 g/mol. The van der Waals surface area contributed by atoms with Crippen LogP contribution in [0.4, 0.5) is 10.5 Å². The Hall–Kier alpha value is -1.86. The molecule has 1 aromatic rings. The maximum Gasteiger partial charge on any atom is 0.410 e. The number of hydrogen-bond donors (Lipinski definition) is 0. The van der Waals surface area contributed by atoms with Gasteiger partial charge < -0.3 is 9.47 Å². The molecule has 1 aliphatic rings. The third-order valence-corrected chi connectivity index (χ3v) is 4.48. The van der Waals surface area contributed by atoms with E-state index >= 15 is 0 Å². The molecule has 1 fully saturated rings. The van der Waals surface area contributed by atoms with E-state index in [1.165, 1.54) is 6.07 Å². The van der Waals surface area contributed by atoms with Gasteiger partial charge in [-0.1, -0.05) is 31.5 Å². The van der Waals surface area contributed by atoms with Gasteiger partial charge in [0.1, 0.15) is 16.7 Å². The number of ether oxygens (including phenoxy) is 2. The molecule has 0 bridgehead atoms. The summed E-state index contributed by atoms with van der Waals surface area (Å²) in [5, 5.41) is 11.5. The quantitative estimate of drug-likeness (QED) is 0.562. The lowest BCUT2D eigenvalue weighted by molar-refractivity contribution is -0.386. The van der Waals surface area contributed by atoms with Crippen molar-refractivity contribution in [3.8, 4) is 0 Å². The number of benzene rings is 1. The molecule has 1 unspecified atom stereocenters. The number of nitro groups is 1. The van der Waals surface area contributed by atoms with Crippen LogP contribution in [0.2, 0.25) is 5.02 Å². The molecule has 0 spiro atoms. The van der Waals surface area contributed by atoms with Gasteiger partial charge in [0.05, 0.1) is 29.7 Å². The predicted octanol–water partition coefficient (Wildman–Crippen LogP) is 4.58. The number of carbonyl (C=O) groups is 1. The lowest BCUT2D eigenvalue weighted by atomic mass is 9.98. The van der Waals surface area contributed by atoms with Gasteiger partial charge in [0.2, 0.25) is 0 Å². The van der Waals surface area contributed by atoms with Crippen LogP contribution in [0, 0.1) is 16.0 Å². The summed E-state index contributed by atoms with van der Waals surface area (Å²) in [5.74, 6) is 0.151. The van der Waals surface area contributed by atoms with Gasteiger partial charge in [0.15, 0.2) is 0 Å². The molecule has 8 heteroatoms. The Balaban J connectivity index is 2.33. The molecule has 1 saturated heterocycles. The van der Waals surface area contributed by atoms with Crippen molar-refractivity contribution >= 4 is 23.4 Å². The Morgan fingerprint density at radius 3 is 2.62 bits per heavy atom. The zero-order valence-corrected chi connectivity index (χ0v) is 16.4. The number of nitrogens with zero attached hydrogens (tertiary/aromatic N) is 2. The number of para-hydroxylation sites is 1. The third kappa shape index (κ3) is 4.65. The van der Waals surface area contributed by atoms with Crippen LogP contribution < -0.4 is 0 Å². The lowest BCUT2D eigenvalue weighted by Crippen LogP contribution is -2.53. The van der Waals surface area contributed by atoms with Crippen LogP contribution in [-0.4, -0.2) is 40.7 Å². The van der Waals surface area contributed by atoms with Gasteiger partial charge in [-0.25, -0.2) is 4.79 Å². The van der Waals surface area contributed by atoms with Crippen LogP contribution in [0.3, 0.4) is 0 Å². The van der Waals surface area contributed by atoms with Crippen LogP contribution in [0.5, 0.6) is 0 Å². The SMILES string of the molecule is CC(C)[C@@H]1COC(c2cccc(Cl)c2[N+](=O)[O-])CN1C(=O)OC(C)(C)C. The van der Waals surface area contributed by atoms with E-state index < -0.39 is 22.7 Å². The van der Waals surface area contributed by atoms with Crippen molar-refractivity contribution in [1.82, 2.24) is 4.90 Å². The van der Waals surface area contributed by atoms with E-state index in [0.717, 1.165) is 0 Å². The fourth-order valence-electron chi connectivity index (χ4n) is 2.93. The molecule has 1 heterocycles. The molecule has 0 radical (unpaired) electrons. The molecule has 144 valence electrons. The molecular weight excluding hydrogens is 360 g/mol. The molecule has 0 aromatic heterocycles. The smallest absolute Gasteiger partial charge is 0.410 e. The summed E-state index contributed by atoms with van der Waals surface area (Å²) in [6.45, 7) is 9.82. The maximum absolute atomic E-state index is 12.7. The zero-order valence-electron chi connectivity index (χ0n) is 15.7. The molecular formula is C18H25ClN2O5. The second-order valence-electron chi connectivity index (χ2n) is 7.70. The van der Waals surface area contributed by atoms with Gasteiger partial charge in [-0.15, -0.1) is 0 Å². The van der Waals surface area contributed by atoms with E-state index in [2.05, 4.69) is 0 Å². The van der Waals surface area contributed by atoms with Crippen molar-refractivity contribution in [3.05, 3.63) is 38.9 Å². The van der Waals surface area contributed by atoms with Crippen molar-refractivity contribution in [1.29, 1.82) is 0 Å². The molecule has 1 amide bonds. The van der Waals surface area contributed by atoms with Crippen molar-refractivity contribution in [2.24, 2.45) is 5.92 Å². The summed E-state index contributed by atoms with van der Waals surface area (Å²) < 4.78 is 11.4. The molecule has 1 aliphatic heterocycles. The van der Waals surface area contributed by atoms with Crippen molar-refractivity contribution < 1.29 is 19.2 Å². The zero-order chi connectivity index (χ0) is 19.6. The molecule has 1 aromatic carbocycles. The van der Waals surface area contributed by atoms with E-state index in [9.17, 15) is 14.9 Å². The summed E-state index contributed by atoms with van der Waals surface area (Å²) in [7, 11) is 0. The standard InChI is InChI=1S/C18H25ClN2O5/c1-11(2)14-10-25-15(9-20(14)17(22)26-18(3,4)5)12-7-6-8-13(19)16(12)21(23)24/h6-8,11,14-15H,9-10H2,1-5H3/t14-,15?/m0/s1. The highest BCUT2D eigenvalue weighted by Gasteiger charge is 2.39. The minimum atomic E-state index is -0.642. The largest absolute Gasteiger partial charge is 0.444 e. The summed E-state index contributed by atoms with van der Waals surface area (Å²) in [5.41, 5.74) is -0.460. The molecule has 0 saturated carbocycles. The number of morpholine rings is 1. The van der Waals surface area contributed by atoms with E-state index in [4.69, 9.17) is 21.1 Å². The molecule has 0 aliphatic carbocycles. The van der Waals surface area contributed by atoms with Gasteiger partial charge in [0.25, 0.3) is 5.69 Å². The van der Waals surface area contributed by atoms with Crippen LogP contribution in [0.25, 0.3) is 0 Å². The minimum Gasteiger partial charge on any atom is -0.444 e. The number of carbonyl (C=O) groups excluding carboxylic acids is 1. The Morgan fingerprint density at radius 1 is 1.42 bits per heavy atom. The maximum atomic E-state index is 12.7. The molecule has 7 nitrogen and oxygen atoms in total. The third-order valence-electron chi connectivity index (χ3n) is 4.18. The van der Waals surface area contributed by atoms with Gasteiger partial charge in [0, 0.05) is 0 Å². The second-order valence-corrected chi connectivity index (χ2v) is 8.11. The van der Waals surface area contributed by atoms with Crippen molar-refractivity contribution in [3.63, 3.8) is 0 Å². The van der Waals surface area contributed by atoms with Crippen LogP contribution in [0.1, 0.15) is 46.3 Å². The van der Waals surface area contributed by atoms with Crippen molar-refractivity contribution in [2.75, 3.05) is 13.2 Å². The summed E-state index contributed by atoms with van der Waals surface area (Å²) in [4.78, 5) is 25.2. The van der Waals surface area contributed by atoms with Crippen LogP contribution >= 0.6 is 11.6 Å². The van der Waals surface area contributed by atoms with Crippen LogP contribution in [0.15, 0.2) is 18.2 Å². The van der Waals surface area contributed by atoms with E-state index in [-0.39, 0.29) is 35.8 Å². The first-order valence-electron chi connectivity index (χ1n) is 8.55. The minimum absolute atomic E-state index is 0.0471. The number of halogens is 1. The fraction of sp³-hybridized carbons (Fsp3) is 0.611. The van der Waals surface area contributed by atoms with Gasteiger partial charge in [-0.2, -0.15) is 0 Å². The van der Waals surface area contributed by atoms with Gasteiger partial charge >= 0.3 is 6.09 Å². The van der Waals surface area contributed by atoms with E-state index in [1.54, 1.807) is 37.8 Å².